The van der Waals surface area contributed by atoms with Gasteiger partial charge in [0.2, 0.25) is 5.91 Å². The maximum atomic E-state index is 13.0. The van der Waals surface area contributed by atoms with E-state index in [9.17, 15) is 9.18 Å². The molecule has 130 valence electrons. The number of anilines is 1. The highest BCUT2D eigenvalue weighted by atomic mass is 19.1. The number of hydrogen-bond donors (Lipinski definition) is 2. The van der Waals surface area contributed by atoms with E-state index < -0.39 is 12.1 Å². The van der Waals surface area contributed by atoms with Crippen molar-refractivity contribution in [2.45, 2.75) is 19.5 Å². The van der Waals surface area contributed by atoms with E-state index in [1.807, 2.05) is 28.8 Å². The number of aryl methyl sites for hydroxylation is 1. The Labute approximate surface area is 148 Å². The SMILES string of the molecule is Cc1ccc2[nH]cnc2c1-c1ccc2nc(NC(=O)C3CC3F)cn2c1. The van der Waals surface area contributed by atoms with Gasteiger partial charge in [-0.3, -0.25) is 4.79 Å². The average Bonchev–Trinajstić information content (AvgIpc) is 3.02. The van der Waals surface area contributed by atoms with Gasteiger partial charge in [0.15, 0.2) is 5.82 Å². The quantitative estimate of drug-likeness (QED) is 0.595. The van der Waals surface area contributed by atoms with Gasteiger partial charge in [0, 0.05) is 17.3 Å². The first-order valence-electron chi connectivity index (χ1n) is 8.47. The zero-order valence-electron chi connectivity index (χ0n) is 14.0. The number of fused-ring (bicyclic) bond motifs is 2. The lowest BCUT2D eigenvalue weighted by Crippen LogP contribution is -2.15. The van der Waals surface area contributed by atoms with Crippen LogP contribution in [0.15, 0.2) is 43.0 Å². The minimum atomic E-state index is -1.02. The molecule has 2 unspecified atom stereocenters. The van der Waals surface area contributed by atoms with Crippen LogP contribution in [0.1, 0.15) is 12.0 Å². The Morgan fingerprint density at radius 1 is 1.31 bits per heavy atom. The van der Waals surface area contributed by atoms with E-state index in [0.717, 1.165) is 27.7 Å². The fourth-order valence-corrected chi connectivity index (χ4v) is 3.33. The molecule has 1 saturated carbocycles. The van der Waals surface area contributed by atoms with E-state index in [0.29, 0.717) is 17.9 Å². The van der Waals surface area contributed by atoms with E-state index >= 15 is 0 Å². The zero-order valence-corrected chi connectivity index (χ0v) is 14.0. The first-order valence-corrected chi connectivity index (χ1v) is 8.47. The van der Waals surface area contributed by atoms with Crippen LogP contribution in [0.3, 0.4) is 0 Å². The summed E-state index contributed by atoms with van der Waals surface area (Å²) in [6.07, 6.45) is 4.68. The van der Waals surface area contributed by atoms with Gasteiger partial charge in [0.25, 0.3) is 0 Å². The van der Waals surface area contributed by atoms with Crippen LogP contribution in [0.25, 0.3) is 27.8 Å². The Morgan fingerprint density at radius 2 is 2.15 bits per heavy atom. The number of aromatic nitrogens is 4. The number of hydrogen-bond acceptors (Lipinski definition) is 3. The molecule has 0 radical (unpaired) electrons. The summed E-state index contributed by atoms with van der Waals surface area (Å²) >= 11 is 0. The lowest BCUT2D eigenvalue weighted by atomic mass is 10.0. The van der Waals surface area contributed by atoms with E-state index in [2.05, 4.69) is 33.3 Å². The molecule has 3 heterocycles. The number of pyridine rings is 1. The number of nitrogens with zero attached hydrogens (tertiary/aromatic N) is 3. The van der Waals surface area contributed by atoms with E-state index in [4.69, 9.17) is 0 Å². The fraction of sp³-hybridized carbons (Fsp3) is 0.211. The highest BCUT2D eigenvalue weighted by molar-refractivity contribution is 5.95. The number of halogens is 1. The summed E-state index contributed by atoms with van der Waals surface area (Å²) in [5.74, 6) is -0.408. The number of aromatic amines is 1. The van der Waals surface area contributed by atoms with Crippen LogP contribution in [0.2, 0.25) is 0 Å². The summed E-state index contributed by atoms with van der Waals surface area (Å²) in [7, 11) is 0. The van der Waals surface area contributed by atoms with Crippen LogP contribution < -0.4 is 5.32 Å². The molecule has 1 aliphatic carbocycles. The topological polar surface area (TPSA) is 75.1 Å². The Kier molecular flexibility index (Phi) is 3.12. The highest BCUT2D eigenvalue weighted by Gasteiger charge is 2.43. The first kappa shape index (κ1) is 15.1. The third-order valence-electron chi connectivity index (χ3n) is 4.84. The Hall–Kier alpha value is -3.22. The molecular formula is C19H16FN5O. The second kappa shape index (κ2) is 5.39. The summed E-state index contributed by atoms with van der Waals surface area (Å²) in [4.78, 5) is 23.9. The summed E-state index contributed by atoms with van der Waals surface area (Å²) < 4.78 is 14.9. The van der Waals surface area contributed by atoms with Crippen molar-refractivity contribution >= 4 is 28.4 Å². The van der Waals surface area contributed by atoms with Gasteiger partial charge in [-0.05, 0) is 37.1 Å². The zero-order chi connectivity index (χ0) is 17.8. The number of imidazole rings is 2. The average molecular weight is 349 g/mol. The smallest absolute Gasteiger partial charge is 0.231 e. The van der Waals surface area contributed by atoms with Crippen molar-refractivity contribution in [3.05, 3.63) is 48.5 Å². The second-order valence-electron chi connectivity index (χ2n) is 6.71. The minimum absolute atomic E-state index is 0.302. The molecular weight excluding hydrogens is 333 g/mol. The van der Waals surface area contributed by atoms with Gasteiger partial charge in [-0.15, -0.1) is 0 Å². The largest absolute Gasteiger partial charge is 0.345 e. The third-order valence-corrected chi connectivity index (χ3v) is 4.84. The molecule has 6 nitrogen and oxygen atoms in total. The Morgan fingerprint density at radius 3 is 2.96 bits per heavy atom. The van der Waals surface area contributed by atoms with Gasteiger partial charge in [0.1, 0.15) is 11.8 Å². The van der Waals surface area contributed by atoms with Crippen molar-refractivity contribution in [1.82, 2.24) is 19.4 Å². The lowest BCUT2D eigenvalue weighted by Gasteiger charge is -2.07. The maximum absolute atomic E-state index is 13.0. The maximum Gasteiger partial charge on any atom is 0.231 e. The molecule has 2 atom stereocenters. The molecule has 26 heavy (non-hydrogen) atoms. The van der Waals surface area contributed by atoms with E-state index in [1.54, 1.807) is 12.5 Å². The fourth-order valence-electron chi connectivity index (χ4n) is 3.33. The van der Waals surface area contributed by atoms with Crippen LogP contribution >= 0.6 is 0 Å². The van der Waals surface area contributed by atoms with E-state index in [1.165, 1.54) is 0 Å². The highest BCUT2D eigenvalue weighted by Crippen LogP contribution is 2.35. The van der Waals surface area contributed by atoms with Gasteiger partial charge in [-0.2, -0.15) is 0 Å². The van der Waals surface area contributed by atoms with Gasteiger partial charge >= 0.3 is 0 Å². The first-order chi connectivity index (χ1) is 12.6. The summed E-state index contributed by atoms with van der Waals surface area (Å²) in [5.41, 5.74) is 5.80. The molecule has 0 aliphatic heterocycles. The third kappa shape index (κ3) is 2.35. The van der Waals surface area contributed by atoms with Gasteiger partial charge in [-0.1, -0.05) is 6.07 Å². The molecule has 0 spiro atoms. The molecule has 1 amide bonds. The normalized spacial score (nSPS) is 19.2. The number of carbonyl (C=O) groups is 1. The van der Waals surface area contributed by atoms with Crippen molar-refractivity contribution in [2.24, 2.45) is 5.92 Å². The van der Waals surface area contributed by atoms with Crippen LogP contribution in [-0.4, -0.2) is 31.4 Å². The number of amides is 1. The predicted molar refractivity (Wildman–Crippen MR) is 96.6 cm³/mol. The summed E-state index contributed by atoms with van der Waals surface area (Å²) in [6.45, 7) is 2.05. The standard InChI is InChI=1S/C19H16FN5O/c1-10-2-4-14-18(22-9-21-14)17(10)11-3-5-16-23-15(8-25(16)7-11)24-19(26)12-6-13(12)20/h2-5,7-9,12-13H,6H2,1H3,(H,21,22)(H,24,26). The van der Waals surface area contributed by atoms with Crippen molar-refractivity contribution in [2.75, 3.05) is 5.32 Å². The molecule has 1 aliphatic rings. The Bertz CT molecular complexity index is 1160. The predicted octanol–water partition coefficient (Wildman–Crippen LogP) is 3.48. The lowest BCUT2D eigenvalue weighted by molar-refractivity contribution is -0.117. The molecule has 1 fully saturated rings. The van der Waals surface area contributed by atoms with Crippen molar-refractivity contribution in [1.29, 1.82) is 0 Å². The molecule has 5 rings (SSSR count). The molecule has 3 aromatic heterocycles. The van der Waals surface area contributed by atoms with Crippen molar-refractivity contribution in [3.63, 3.8) is 0 Å². The molecule has 7 heteroatoms. The summed E-state index contributed by atoms with van der Waals surface area (Å²) in [6, 6.07) is 7.96. The number of rotatable bonds is 3. The number of nitrogens with one attached hydrogen (secondary N) is 2. The monoisotopic (exact) mass is 349 g/mol. The molecule has 0 bridgehead atoms. The van der Waals surface area contributed by atoms with Crippen LogP contribution in [-0.2, 0) is 4.79 Å². The van der Waals surface area contributed by atoms with Crippen molar-refractivity contribution in [3.8, 4) is 11.1 Å². The number of alkyl halides is 1. The van der Waals surface area contributed by atoms with Crippen molar-refractivity contribution < 1.29 is 9.18 Å². The molecule has 4 aromatic rings. The minimum Gasteiger partial charge on any atom is -0.345 e. The molecule has 2 N–H and O–H groups in total. The number of benzene rings is 1. The molecule has 1 aromatic carbocycles. The van der Waals surface area contributed by atoms with Crippen LogP contribution in [0.5, 0.6) is 0 Å². The second-order valence-corrected chi connectivity index (χ2v) is 6.71. The number of carbonyl (C=O) groups excluding carboxylic acids is 1. The summed E-state index contributed by atoms with van der Waals surface area (Å²) in [5, 5.41) is 2.69. The van der Waals surface area contributed by atoms with Gasteiger partial charge in [0.05, 0.1) is 29.5 Å². The van der Waals surface area contributed by atoms with Gasteiger partial charge in [-0.25, -0.2) is 14.4 Å². The van der Waals surface area contributed by atoms with Crippen LogP contribution in [0.4, 0.5) is 10.2 Å². The molecule has 0 saturated heterocycles. The number of H-pyrrole nitrogens is 1. The van der Waals surface area contributed by atoms with Crippen LogP contribution in [0, 0.1) is 12.8 Å². The Balaban J connectivity index is 1.54. The van der Waals surface area contributed by atoms with E-state index in [-0.39, 0.29) is 5.91 Å². The van der Waals surface area contributed by atoms with Gasteiger partial charge < -0.3 is 14.7 Å².